The van der Waals surface area contributed by atoms with Crippen molar-refractivity contribution < 1.29 is 9.21 Å². The van der Waals surface area contributed by atoms with Gasteiger partial charge < -0.3 is 4.42 Å². The van der Waals surface area contributed by atoms with Gasteiger partial charge in [0.25, 0.3) is 5.22 Å². The van der Waals surface area contributed by atoms with Gasteiger partial charge in [0.2, 0.25) is 5.89 Å². The second kappa shape index (κ2) is 7.48. The summed E-state index contributed by atoms with van der Waals surface area (Å²) in [6.45, 7) is 4.11. The molecule has 0 aliphatic heterocycles. The van der Waals surface area contributed by atoms with Gasteiger partial charge in [0.05, 0.1) is 5.75 Å². The SMILES string of the molecule is Cc1ccc(-c2nnc(SCC(=O)c3ccc(I)cc3)o2)cc1C. The van der Waals surface area contributed by atoms with Crippen LogP contribution in [0.25, 0.3) is 11.5 Å². The van der Waals surface area contributed by atoms with E-state index in [0.717, 1.165) is 9.13 Å². The highest BCUT2D eigenvalue weighted by Gasteiger charge is 2.13. The molecule has 1 heterocycles. The average Bonchev–Trinajstić information content (AvgIpc) is 3.05. The zero-order valence-corrected chi connectivity index (χ0v) is 16.2. The predicted octanol–water partition coefficient (Wildman–Crippen LogP) is 4.93. The van der Waals surface area contributed by atoms with Crippen molar-refractivity contribution in [1.29, 1.82) is 0 Å². The summed E-state index contributed by atoms with van der Waals surface area (Å²) < 4.78 is 6.76. The maximum absolute atomic E-state index is 12.2. The fourth-order valence-electron chi connectivity index (χ4n) is 2.11. The van der Waals surface area contributed by atoms with E-state index in [1.165, 1.54) is 22.9 Å². The van der Waals surface area contributed by atoms with Crippen LogP contribution in [0.15, 0.2) is 52.1 Å². The van der Waals surface area contributed by atoms with Crippen molar-refractivity contribution in [3.63, 3.8) is 0 Å². The van der Waals surface area contributed by atoms with Gasteiger partial charge in [-0.25, -0.2) is 0 Å². The number of carbonyl (C=O) groups is 1. The summed E-state index contributed by atoms with van der Waals surface area (Å²) in [5.74, 6) is 0.791. The molecule has 0 saturated heterocycles. The van der Waals surface area contributed by atoms with Gasteiger partial charge in [-0.3, -0.25) is 4.79 Å². The summed E-state index contributed by atoms with van der Waals surface area (Å²) in [5, 5.41) is 8.49. The lowest BCUT2D eigenvalue weighted by molar-refractivity contribution is 0.102. The number of ketones is 1. The molecule has 0 spiro atoms. The summed E-state index contributed by atoms with van der Waals surface area (Å²) in [5.41, 5.74) is 3.97. The van der Waals surface area contributed by atoms with E-state index in [-0.39, 0.29) is 11.5 Å². The molecule has 3 rings (SSSR count). The van der Waals surface area contributed by atoms with Crippen molar-refractivity contribution in [2.24, 2.45) is 0 Å². The maximum Gasteiger partial charge on any atom is 0.277 e. The van der Waals surface area contributed by atoms with Crippen LogP contribution in [0, 0.1) is 17.4 Å². The number of aryl methyl sites for hydroxylation is 2. The highest BCUT2D eigenvalue weighted by Crippen LogP contribution is 2.25. The lowest BCUT2D eigenvalue weighted by Gasteiger charge is -2.01. The molecule has 0 aliphatic carbocycles. The molecule has 0 saturated carbocycles. The second-order valence-electron chi connectivity index (χ2n) is 5.39. The third kappa shape index (κ3) is 4.05. The van der Waals surface area contributed by atoms with E-state index < -0.39 is 0 Å². The number of thioether (sulfide) groups is 1. The van der Waals surface area contributed by atoms with Gasteiger partial charge in [0.1, 0.15) is 0 Å². The number of carbonyl (C=O) groups excluding carboxylic acids is 1. The minimum absolute atomic E-state index is 0.0438. The van der Waals surface area contributed by atoms with Gasteiger partial charge in [-0.2, -0.15) is 0 Å². The molecule has 2 aromatic carbocycles. The molecule has 122 valence electrons. The lowest BCUT2D eigenvalue weighted by atomic mass is 10.1. The Hall–Kier alpha value is -1.67. The molecule has 0 fully saturated rings. The quantitative estimate of drug-likeness (QED) is 0.313. The molecular formula is C18H15IN2O2S. The normalized spacial score (nSPS) is 10.8. The Kier molecular flexibility index (Phi) is 5.35. The van der Waals surface area contributed by atoms with Crippen LogP contribution in [0.1, 0.15) is 21.5 Å². The number of nitrogens with zero attached hydrogens (tertiary/aromatic N) is 2. The summed E-state index contributed by atoms with van der Waals surface area (Å²) in [7, 11) is 0. The summed E-state index contributed by atoms with van der Waals surface area (Å²) in [6.07, 6.45) is 0. The Morgan fingerprint density at radius 3 is 2.54 bits per heavy atom. The number of hydrogen-bond acceptors (Lipinski definition) is 5. The molecule has 0 amide bonds. The van der Waals surface area contributed by atoms with Gasteiger partial charge >= 0.3 is 0 Å². The van der Waals surface area contributed by atoms with Crippen molar-refractivity contribution >= 4 is 40.1 Å². The van der Waals surface area contributed by atoms with Gasteiger partial charge in [-0.15, -0.1) is 10.2 Å². The number of aromatic nitrogens is 2. The summed E-state index contributed by atoms with van der Waals surface area (Å²) in [4.78, 5) is 12.2. The van der Waals surface area contributed by atoms with Gasteiger partial charge in [-0.05, 0) is 71.8 Å². The average molecular weight is 450 g/mol. The van der Waals surface area contributed by atoms with Crippen LogP contribution >= 0.6 is 34.4 Å². The zero-order valence-electron chi connectivity index (χ0n) is 13.2. The third-order valence-corrected chi connectivity index (χ3v) is 5.19. The Balaban J connectivity index is 1.66. The number of benzene rings is 2. The van der Waals surface area contributed by atoms with Gasteiger partial charge in [0.15, 0.2) is 5.78 Å². The molecular weight excluding hydrogens is 435 g/mol. The van der Waals surface area contributed by atoms with Crippen molar-refractivity contribution in [2.75, 3.05) is 5.75 Å². The topological polar surface area (TPSA) is 56.0 Å². The molecule has 0 aliphatic rings. The van der Waals surface area contributed by atoms with E-state index in [0.29, 0.717) is 16.7 Å². The fourth-order valence-corrected chi connectivity index (χ4v) is 3.12. The van der Waals surface area contributed by atoms with E-state index in [1.54, 1.807) is 0 Å². The second-order valence-corrected chi connectivity index (χ2v) is 7.56. The smallest absolute Gasteiger partial charge is 0.277 e. The number of Topliss-reactive ketones (excluding diaryl/α,β-unsaturated/α-hetero) is 1. The molecule has 4 nitrogen and oxygen atoms in total. The minimum atomic E-state index is 0.0438. The lowest BCUT2D eigenvalue weighted by Crippen LogP contribution is -2.02. The molecule has 1 aromatic heterocycles. The van der Waals surface area contributed by atoms with E-state index >= 15 is 0 Å². The van der Waals surface area contributed by atoms with Crippen LogP contribution in [0.3, 0.4) is 0 Å². The number of rotatable bonds is 5. The van der Waals surface area contributed by atoms with Crippen molar-refractivity contribution in [3.8, 4) is 11.5 Å². The van der Waals surface area contributed by atoms with Crippen LogP contribution in [0.5, 0.6) is 0 Å². The highest BCUT2D eigenvalue weighted by molar-refractivity contribution is 14.1. The third-order valence-electron chi connectivity index (χ3n) is 3.65. The first-order valence-electron chi connectivity index (χ1n) is 7.35. The molecule has 0 N–H and O–H groups in total. The summed E-state index contributed by atoms with van der Waals surface area (Å²) in [6, 6.07) is 13.5. The van der Waals surface area contributed by atoms with Crippen molar-refractivity contribution in [1.82, 2.24) is 10.2 Å². The minimum Gasteiger partial charge on any atom is -0.411 e. The Labute approximate surface area is 158 Å². The van der Waals surface area contributed by atoms with E-state index in [1.807, 2.05) is 49.4 Å². The van der Waals surface area contributed by atoms with Crippen LogP contribution in [0.2, 0.25) is 0 Å². The van der Waals surface area contributed by atoms with Crippen LogP contribution in [-0.4, -0.2) is 21.7 Å². The van der Waals surface area contributed by atoms with Gasteiger partial charge in [0, 0.05) is 14.7 Å². The fraction of sp³-hybridized carbons (Fsp3) is 0.167. The van der Waals surface area contributed by atoms with Crippen molar-refractivity contribution in [2.45, 2.75) is 19.1 Å². The summed E-state index contributed by atoms with van der Waals surface area (Å²) >= 11 is 3.47. The van der Waals surface area contributed by atoms with Crippen molar-refractivity contribution in [3.05, 3.63) is 62.7 Å². The van der Waals surface area contributed by atoms with E-state index in [9.17, 15) is 4.79 Å². The predicted molar refractivity (Wildman–Crippen MR) is 103 cm³/mol. The first-order valence-corrected chi connectivity index (χ1v) is 9.42. The maximum atomic E-state index is 12.2. The van der Waals surface area contributed by atoms with Crippen LogP contribution in [0.4, 0.5) is 0 Å². The first kappa shape index (κ1) is 17.2. The Morgan fingerprint density at radius 1 is 1.08 bits per heavy atom. The molecule has 3 aromatic rings. The molecule has 6 heteroatoms. The molecule has 24 heavy (non-hydrogen) atoms. The highest BCUT2D eigenvalue weighted by atomic mass is 127. The molecule has 0 unspecified atom stereocenters. The van der Waals surface area contributed by atoms with Crippen LogP contribution in [-0.2, 0) is 0 Å². The first-order chi connectivity index (χ1) is 11.5. The van der Waals surface area contributed by atoms with Crippen LogP contribution < -0.4 is 0 Å². The van der Waals surface area contributed by atoms with E-state index in [4.69, 9.17) is 4.42 Å². The molecule has 0 bridgehead atoms. The number of halogens is 1. The monoisotopic (exact) mass is 450 g/mol. The molecule has 0 radical (unpaired) electrons. The Morgan fingerprint density at radius 2 is 1.83 bits per heavy atom. The molecule has 0 atom stereocenters. The largest absolute Gasteiger partial charge is 0.411 e. The number of hydrogen-bond donors (Lipinski definition) is 0. The Bertz CT molecular complexity index is 875. The van der Waals surface area contributed by atoms with Gasteiger partial charge in [-0.1, -0.05) is 30.0 Å². The zero-order chi connectivity index (χ0) is 17.1. The standard InChI is InChI=1S/C18H15IN2O2S/c1-11-3-4-14(9-12(11)2)17-20-21-18(23-17)24-10-16(22)13-5-7-15(19)8-6-13/h3-9H,10H2,1-2H3. The van der Waals surface area contributed by atoms with E-state index in [2.05, 4.69) is 39.7 Å².